The lowest BCUT2D eigenvalue weighted by molar-refractivity contribution is -0.131. The minimum absolute atomic E-state index is 0.135. The summed E-state index contributed by atoms with van der Waals surface area (Å²) in [7, 11) is 0. The minimum Gasteiger partial charge on any atom is -0.478 e. The van der Waals surface area contributed by atoms with Gasteiger partial charge in [-0.25, -0.2) is 4.79 Å². The lowest BCUT2D eigenvalue weighted by atomic mass is 10.0. The van der Waals surface area contributed by atoms with Crippen LogP contribution in [0.25, 0.3) is 6.08 Å². The molecule has 0 spiro atoms. The molecule has 1 aromatic carbocycles. The van der Waals surface area contributed by atoms with Crippen molar-refractivity contribution in [1.82, 2.24) is 0 Å². The third-order valence-corrected chi connectivity index (χ3v) is 4.37. The first kappa shape index (κ1) is 13.5. The van der Waals surface area contributed by atoms with Crippen LogP contribution < -0.4 is 4.90 Å². The number of benzene rings is 1. The van der Waals surface area contributed by atoms with E-state index in [4.69, 9.17) is 5.11 Å². The smallest absolute Gasteiger partial charge is 0.328 e. The van der Waals surface area contributed by atoms with E-state index in [0.717, 1.165) is 6.08 Å². The van der Waals surface area contributed by atoms with Crippen molar-refractivity contribution < 1.29 is 19.5 Å². The Bertz CT molecular complexity index is 648. The van der Waals surface area contributed by atoms with Gasteiger partial charge < -0.3 is 5.11 Å². The van der Waals surface area contributed by atoms with E-state index in [0.29, 0.717) is 11.3 Å². The van der Waals surface area contributed by atoms with Crippen LogP contribution in [0.4, 0.5) is 5.69 Å². The molecule has 2 fully saturated rings. The Morgan fingerprint density at radius 2 is 1.67 bits per heavy atom. The number of carbonyl (C=O) groups excluding carboxylic acids is 2. The molecule has 1 saturated heterocycles. The first-order valence-electron chi connectivity index (χ1n) is 6.73. The van der Waals surface area contributed by atoms with Crippen LogP contribution in [0, 0.1) is 17.3 Å². The van der Waals surface area contributed by atoms with Crippen LogP contribution >= 0.6 is 0 Å². The average molecular weight is 285 g/mol. The molecule has 1 aliphatic carbocycles. The molecule has 2 amide bonds. The maximum atomic E-state index is 12.3. The summed E-state index contributed by atoms with van der Waals surface area (Å²) >= 11 is 0. The summed E-state index contributed by atoms with van der Waals surface area (Å²) in [4.78, 5) is 36.3. The molecule has 1 saturated carbocycles. The van der Waals surface area contributed by atoms with Crippen molar-refractivity contribution in [2.24, 2.45) is 17.3 Å². The molecular formula is C16H15NO4. The zero-order valence-corrected chi connectivity index (χ0v) is 11.7. The number of carbonyl (C=O) groups is 3. The van der Waals surface area contributed by atoms with E-state index in [1.807, 2.05) is 13.8 Å². The number of piperidine rings is 1. The van der Waals surface area contributed by atoms with Crippen LogP contribution in [0.1, 0.15) is 19.4 Å². The zero-order chi connectivity index (χ0) is 15.4. The highest BCUT2D eigenvalue weighted by Gasteiger charge is 2.72. The van der Waals surface area contributed by atoms with Crippen molar-refractivity contribution in [3.63, 3.8) is 0 Å². The van der Waals surface area contributed by atoms with Gasteiger partial charge in [-0.05, 0) is 29.2 Å². The van der Waals surface area contributed by atoms with E-state index in [9.17, 15) is 14.4 Å². The van der Waals surface area contributed by atoms with E-state index >= 15 is 0 Å². The van der Waals surface area contributed by atoms with Gasteiger partial charge in [-0.2, -0.15) is 0 Å². The second-order valence-electron chi connectivity index (χ2n) is 6.05. The zero-order valence-electron chi connectivity index (χ0n) is 11.7. The highest BCUT2D eigenvalue weighted by molar-refractivity contribution is 6.25. The topological polar surface area (TPSA) is 74.7 Å². The number of amides is 2. The molecule has 0 aromatic heterocycles. The predicted molar refractivity (Wildman–Crippen MR) is 76.4 cm³/mol. The van der Waals surface area contributed by atoms with Crippen molar-refractivity contribution >= 4 is 29.5 Å². The summed E-state index contributed by atoms with van der Waals surface area (Å²) in [6, 6.07) is 6.69. The van der Waals surface area contributed by atoms with E-state index in [1.165, 1.54) is 11.0 Å². The molecule has 1 aromatic rings. The molecule has 108 valence electrons. The van der Waals surface area contributed by atoms with Gasteiger partial charge >= 0.3 is 5.97 Å². The minimum atomic E-state index is -1.02. The fraction of sp³-hybridized carbons (Fsp3) is 0.312. The van der Waals surface area contributed by atoms with Crippen molar-refractivity contribution in [3.05, 3.63) is 35.9 Å². The van der Waals surface area contributed by atoms with E-state index in [2.05, 4.69) is 0 Å². The Labute approximate surface area is 121 Å². The fourth-order valence-electron chi connectivity index (χ4n) is 3.10. The quantitative estimate of drug-likeness (QED) is 0.680. The van der Waals surface area contributed by atoms with Crippen LogP contribution in [-0.4, -0.2) is 22.9 Å². The summed E-state index contributed by atoms with van der Waals surface area (Å²) < 4.78 is 0. The van der Waals surface area contributed by atoms with Gasteiger partial charge in [-0.1, -0.05) is 26.0 Å². The van der Waals surface area contributed by atoms with E-state index < -0.39 is 5.97 Å². The maximum Gasteiger partial charge on any atom is 0.328 e. The van der Waals surface area contributed by atoms with Gasteiger partial charge in [-0.3, -0.25) is 14.5 Å². The number of nitrogens with zero attached hydrogens (tertiary/aromatic N) is 1. The van der Waals surface area contributed by atoms with Crippen molar-refractivity contribution in [2.75, 3.05) is 4.90 Å². The molecule has 2 unspecified atom stereocenters. The third kappa shape index (κ3) is 1.96. The number of fused-ring (bicyclic) bond motifs is 1. The van der Waals surface area contributed by atoms with Crippen LogP contribution in [-0.2, 0) is 14.4 Å². The van der Waals surface area contributed by atoms with E-state index in [-0.39, 0.29) is 29.1 Å². The molecule has 2 atom stereocenters. The molecule has 1 aliphatic heterocycles. The standard InChI is InChI=1S/C16H15NO4/c1-16(2)12-13(16)15(21)17(14(12)20)10-6-3-9(4-7-10)5-8-11(18)19/h3-8,12-13H,1-2H3,(H,18,19). The molecule has 1 heterocycles. The normalized spacial score (nSPS) is 26.3. The summed E-state index contributed by atoms with van der Waals surface area (Å²) in [5.41, 5.74) is 1.03. The molecule has 3 rings (SSSR count). The number of aliphatic carboxylic acids is 1. The van der Waals surface area contributed by atoms with Crippen LogP contribution in [0.5, 0.6) is 0 Å². The van der Waals surface area contributed by atoms with Gasteiger partial charge in [0, 0.05) is 6.08 Å². The third-order valence-electron chi connectivity index (χ3n) is 4.37. The van der Waals surface area contributed by atoms with Crippen molar-refractivity contribution in [2.45, 2.75) is 13.8 Å². The van der Waals surface area contributed by atoms with Crippen molar-refractivity contribution in [1.29, 1.82) is 0 Å². The van der Waals surface area contributed by atoms with Gasteiger partial charge in [0.1, 0.15) is 0 Å². The molecule has 0 radical (unpaired) electrons. The molecule has 2 aliphatic rings. The molecule has 5 heteroatoms. The molecule has 1 N–H and O–H groups in total. The lowest BCUT2D eigenvalue weighted by Gasteiger charge is -2.20. The molecule has 0 bridgehead atoms. The Morgan fingerprint density at radius 1 is 1.14 bits per heavy atom. The van der Waals surface area contributed by atoms with Gasteiger partial charge in [0.05, 0.1) is 17.5 Å². The van der Waals surface area contributed by atoms with E-state index in [1.54, 1.807) is 24.3 Å². The number of carboxylic acid groups (broad SMARTS) is 1. The number of anilines is 1. The Morgan fingerprint density at radius 3 is 2.14 bits per heavy atom. The highest BCUT2D eigenvalue weighted by atomic mass is 16.4. The number of carboxylic acids is 1. The highest BCUT2D eigenvalue weighted by Crippen LogP contribution is 2.63. The van der Waals surface area contributed by atoms with Gasteiger partial charge in [0.15, 0.2) is 0 Å². The second-order valence-corrected chi connectivity index (χ2v) is 6.05. The Hall–Kier alpha value is -2.43. The van der Waals surface area contributed by atoms with Crippen LogP contribution in [0.2, 0.25) is 0 Å². The largest absolute Gasteiger partial charge is 0.478 e. The summed E-state index contributed by atoms with van der Waals surface area (Å²) in [5, 5.41) is 8.57. The molecule has 21 heavy (non-hydrogen) atoms. The summed E-state index contributed by atoms with van der Waals surface area (Å²) in [5.74, 6) is -1.69. The Balaban J connectivity index is 1.82. The summed E-state index contributed by atoms with van der Waals surface area (Å²) in [6.45, 7) is 3.88. The van der Waals surface area contributed by atoms with Crippen molar-refractivity contribution in [3.8, 4) is 0 Å². The van der Waals surface area contributed by atoms with Gasteiger partial charge in [0.25, 0.3) is 0 Å². The SMILES string of the molecule is CC1(C)C2C(=O)N(c3ccc(C=CC(=O)O)cc3)C(=O)C21. The molecular weight excluding hydrogens is 270 g/mol. The average Bonchev–Trinajstić information content (AvgIpc) is 2.88. The first-order chi connectivity index (χ1) is 9.84. The maximum absolute atomic E-state index is 12.3. The van der Waals surface area contributed by atoms with Crippen LogP contribution in [0.3, 0.4) is 0 Å². The second kappa shape index (κ2) is 4.28. The monoisotopic (exact) mass is 285 g/mol. The molecule has 5 nitrogen and oxygen atoms in total. The first-order valence-corrected chi connectivity index (χ1v) is 6.73. The number of rotatable bonds is 3. The fourth-order valence-corrected chi connectivity index (χ4v) is 3.10. The summed E-state index contributed by atoms with van der Waals surface area (Å²) in [6.07, 6.45) is 2.50. The predicted octanol–water partition coefficient (Wildman–Crippen LogP) is 1.93. The van der Waals surface area contributed by atoms with Gasteiger partial charge in [-0.15, -0.1) is 0 Å². The number of hydrogen-bond donors (Lipinski definition) is 1. The number of hydrogen-bond acceptors (Lipinski definition) is 3. The Kier molecular flexibility index (Phi) is 2.76. The van der Waals surface area contributed by atoms with Gasteiger partial charge in [0.2, 0.25) is 11.8 Å². The van der Waals surface area contributed by atoms with Crippen LogP contribution in [0.15, 0.2) is 30.3 Å². The number of imide groups is 1. The lowest BCUT2D eigenvalue weighted by Crippen LogP contribution is -2.36.